The molecule has 28 heavy (non-hydrogen) atoms. The molecule has 0 aliphatic rings. The van der Waals surface area contributed by atoms with Gasteiger partial charge in [0.25, 0.3) is 0 Å². The molecule has 2 atom stereocenters. The standard InChI is InChI=1S/C18H31ClNO7P/c1-6-25-12-14(2)13-27-28(21,24-5)20-9-10-26-15-7-8-16(17(19)11-15)18(22-3)23-4/h7-8,11,14,18H,6,9-10,12-13H2,1-5H3,(H,20,21). The number of methoxy groups -OCH3 is 2. The van der Waals surface area contributed by atoms with Gasteiger partial charge in [-0.3, -0.25) is 4.52 Å². The second-order valence-electron chi connectivity index (χ2n) is 5.98. The van der Waals surface area contributed by atoms with E-state index in [2.05, 4.69) is 5.09 Å². The van der Waals surface area contributed by atoms with Crippen LogP contribution in [0.15, 0.2) is 18.2 Å². The SMILES string of the molecule is CCOCC(C)COP(=O)(NCCOc1ccc(C(OC)OC)c(Cl)c1)OC. The van der Waals surface area contributed by atoms with Crippen LogP contribution in [-0.4, -0.2) is 54.3 Å². The van der Waals surface area contributed by atoms with Gasteiger partial charge in [0, 0.05) is 46.0 Å². The van der Waals surface area contributed by atoms with Crippen LogP contribution in [0.3, 0.4) is 0 Å². The van der Waals surface area contributed by atoms with Crippen LogP contribution in [0.1, 0.15) is 25.7 Å². The van der Waals surface area contributed by atoms with E-state index in [-0.39, 0.29) is 25.7 Å². The maximum absolute atomic E-state index is 12.5. The molecule has 0 aromatic heterocycles. The van der Waals surface area contributed by atoms with Crippen molar-refractivity contribution in [2.45, 2.75) is 20.1 Å². The largest absolute Gasteiger partial charge is 0.492 e. The highest BCUT2D eigenvalue weighted by molar-refractivity contribution is 7.51. The molecule has 10 heteroatoms. The van der Waals surface area contributed by atoms with Gasteiger partial charge in [-0.2, -0.15) is 0 Å². The molecule has 0 radical (unpaired) electrons. The minimum atomic E-state index is -3.39. The fraction of sp³-hybridized carbons (Fsp3) is 0.667. The second-order valence-corrected chi connectivity index (χ2v) is 8.33. The van der Waals surface area contributed by atoms with Crippen LogP contribution >= 0.6 is 19.3 Å². The van der Waals surface area contributed by atoms with E-state index in [1.165, 1.54) is 21.3 Å². The van der Waals surface area contributed by atoms with Crippen molar-refractivity contribution in [1.29, 1.82) is 0 Å². The predicted molar refractivity (Wildman–Crippen MR) is 108 cm³/mol. The molecule has 0 fully saturated rings. The number of ether oxygens (including phenoxy) is 4. The molecule has 162 valence electrons. The lowest BCUT2D eigenvalue weighted by Crippen LogP contribution is -2.22. The summed E-state index contributed by atoms with van der Waals surface area (Å²) in [6, 6.07) is 5.20. The van der Waals surface area contributed by atoms with Crippen LogP contribution in [0, 0.1) is 5.92 Å². The fourth-order valence-corrected chi connectivity index (χ4v) is 3.65. The lowest BCUT2D eigenvalue weighted by Gasteiger charge is -2.20. The molecule has 0 saturated heterocycles. The Morgan fingerprint density at radius 2 is 1.89 bits per heavy atom. The minimum Gasteiger partial charge on any atom is -0.492 e. The number of hydrogen-bond acceptors (Lipinski definition) is 7. The van der Waals surface area contributed by atoms with Crippen molar-refractivity contribution in [3.8, 4) is 5.75 Å². The zero-order chi connectivity index (χ0) is 21.0. The molecule has 1 N–H and O–H groups in total. The maximum Gasteiger partial charge on any atom is 0.405 e. The highest BCUT2D eigenvalue weighted by Crippen LogP contribution is 2.42. The summed E-state index contributed by atoms with van der Waals surface area (Å²) in [5.74, 6) is 0.671. The van der Waals surface area contributed by atoms with Gasteiger partial charge in [-0.25, -0.2) is 9.65 Å². The van der Waals surface area contributed by atoms with E-state index < -0.39 is 14.0 Å². The molecule has 0 amide bonds. The Hall–Kier alpha value is -0.700. The lowest BCUT2D eigenvalue weighted by molar-refractivity contribution is -0.105. The average molecular weight is 440 g/mol. The first-order chi connectivity index (χ1) is 13.4. The average Bonchev–Trinajstić information content (AvgIpc) is 2.70. The summed E-state index contributed by atoms with van der Waals surface area (Å²) < 4.78 is 44.3. The summed E-state index contributed by atoms with van der Waals surface area (Å²) in [5, 5.41) is 3.23. The second kappa shape index (κ2) is 13.5. The van der Waals surface area contributed by atoms with E-state index in [9.17, 15) is 4.57 Å². The molecule has 8 nitrogen and oxygen atoms in total. The van der Waals surface area contributed by atoms with Crippen molar-refractivity contribution in [3.05, 3.63) is 28.8 Å². The van der Waals surface area contributed by atoms with Gasteiger partial charge >= 0.3 is 7.75 Å². The molecule has 0 aliphatic carbocycles. The first-order valence-electron chi connectivity index (χ1n) is 9.00. The zero-order valence-electron chi connectivity index (χ0n) is 17.1. The zero-order valence-corrected chi connectivity index (χ0v) is 18.8. The minimum absolute atomic E-state index is 0.102. The number of nitrogens with one attached hydrogen (secondary N) is 1. The van der Waals surface area contributed by atoms with Gasteiger partial charge in [0.15, 0.2) is 6.29 Å². The van der Waals surface area contributed by atoms with Gasteiger partial charge < -0.3 is 23.5 Å². The number of hydrogen-bond donors (Lipinski definition) is 1. The molecule has 1 rings (SSSR count). The van der Waals surface area contributed by atoms with Crippen molar-refractivity contribution in [3.63, 3.8) is 0 Å². The van der Waals surface area contributed by atoms with Crippen LogP contribution in [0.4, 0.5) is 0 Å². The van der Waals surface area contributed by atoms with Gasteiger partial charge in [-0.15, -0.1) is 0 Å². The van der Waals surface area contributed by atoms with E-state index in [1.807, 2.05) is 13.8 Å². The molecule has 2 unspecified atom stereocenters. The molecule has 0 saturated carbocycles. The predicted octanol–water partition coefficient (Wildman–Crippen LogP) is 4.04. The topological polar surface area (TPSA) is 84.5 Å². The normalized spacial score (nSPS) is 14.8. The van der Waals surface area contributed by atoms with Crippen LogP contribution in [0.2, 0.25) is 5.02 Å². The summed E-state index contributed by atoms with van der Waals surface area (Å²) in [7, 11) is 1.02. The van der Waals surface area contributed by atoms with E-state index in [4.69, 9.17) is 39.6 Å². The summed E-state index contributed by atoms with van der Waals surface area (Å²) in [6.45, 7) is 5.81. The number of halogens is 1. The van der Waals surface area contributed by atoms with Gasteiger partial charge in [0.1, 0.15) is 12.4 Å². The third-order valence-electron chi connectivity index (χ3n) is 3.71. The lowest BCUT2D eigenvalue weighted by atomic mass is 10.2. The van der Waals surface area contributed by atoms with Gasteiger partial charge in [0.05, 0.1) is 18.2 Å². The highest BCUT2D eigenvalue weighted by atomic mass is 35.5. The van der Waals surface area contributed by atoms with Crippen molar-refractivity contribution < 1.29 is 32.6 Å². The molecule has 0 spiro atoms. The van der Waals surface area contributed by atoms with E-state index in [0.717, 1.165) is 0 Å². The van der Waals surface area contributed by atoms with Crippen molar-refractivity contribution >= 4 is 19.3 Å². The Kier molecular flexibility index (Phi) is 12.2. The van der Waals surface area contributed by atoms with E-state index in [0.29, 0.717) is 29.5 Å². The fourth-order valence-electron chi connectivity index (χ4n) is 2.25. The van der Waals surface area contributed by atoms with E-state index >= 15 is 0 Å². The summed E-state index contributed by atoms with van der Waals surface area (Å²) >= 11 is 6.25. The van der Waals surface area contributed by atoms with Crippen LogP contribution in [-0.2, 0) is 27.8 Å². The van der Waals surface area contributed by atoms with Crippen molar-refractivity contribution in [2.24, 2.45) is 5.92 Å². The molecular formula is C18H31ClNO7P. The van der Waals surface area contributed by atoms with Crippen LogP contribution < -0.4 is 9.82 Å². The Morgan fingerprint density at radius 1 is 1.18 bits per heavy atom. The third kappa shape index (κ3) is 8.76. The molecular weight excluding hydrogens is 409 g/mol. The highest BCUT2D eigenvalue weighted by Gasteiger charge is 2.23. The molecule has 1 aromatic carbocycles. The van der Waals surface area contributed by atoms with Crippen LogP contribution in [0.5, 0.6) is 5.75 Å². The molecule has 0 heterocycles. The maximum atomic E-state index is 12.5. The number of rotatable bonds is 15. The van der Waals surface area contributed by atoms with Crippen molar-refractivity contribution in [1.82, 2.24) is 5.09 Å². The monoisotopic (exact) mass is 439 g/mol. The Morgan fingerprint density at radius 3 is 2.46 bits per heavy atom. The van der Waals surface area contributed by atoms with E-state index in [1.54, 1.807) is 18.2 Å². The number of benzene rings is 1. The molecule has 0 aliphatic heterocycles. The first-order valence-corrected chi connectivity index (χ1v) is 10.9. The van der Waals surface area contributed by atoms with Gasteiger partial charge in [-0.1, -0.05) is 18.5 Å². The Balaban J connectivity index is 2.45. The smallest absolute Gasteiger partial charge is 0.405 e. The van der Waals surface area contributed by atoms with Crippen LogP contribution in [0.25, 0.3) is 0 Å². The van der Waals surface area contributed by atoms with Crippen molar-refractivity contribution in [2.75, 3.05) is 54.3 Å². The molecule has 0 bridgehead atoms. The summed E-state index contributed by atoms with van der Waals surface area (Å²) in [4.78, 5) is 0. The Labute approximate surface area is 172 Å². The third-order valence-corrected chi connectivity index (χ3v) is 5.61. The van der Waals surface area contributed by atoms with Gasteiger partial charge in [0.2, 0.25) is 0 Å². The molecule has 1 aromatic rings. The summed E-state index contributed by atoms with van der Waals surface area (Å²) in [6.07, 6.45) is -0.543. The quantitative estimate of drug-likeness (QED) is 0.249. The summed E-state index contributed by atoms with van der Waals surface area (Å²) in [5.41, 5.74) is 0.704. The Bertz CT molecular complexity index is 616. The van der Waals surface area contributed by atoms with Gasteiger partial charge in [-0.05, 0) is 25.1 Å². The first kappa shape index (κ1) is 25.3.